The summed E-state index contributed by atoms with van der Waals surface area (Å²) in [6.07, 6.45) is 1.17. The summed E-state index contributed by atoms with van der Waals surface area (Å²) in [6, 6.07) is 0. The van der Waals surface area contributed by atoms with Gasteiger partial charge in [0.15, 0.2) is 9.84 Å². The van der Waals surface area contributed by atoms with E-state index < -0.39 is 15.2 Å². The van der Waals surface area contributed by atoms with E-state index in [0.717, 1.165) is 18.7 Å². The molecule has 0 radical (unpaired) electrons. The Kier molecular flexibility index (Phi) is 6.45. The molecule has 1 N–H and O–H groups in total. The fraction of sp³-hybridized carbons (Fsp3) is 0.909. The second-order valence-electron chi connectivity index (χ2n) is 4.28. The minimum atomic E-state index is -3.18. The number of amides is 1. The lowest BCUT2D eigenvalue weighted by Crippen LogP contribution is -2.50. The topological polar surface area (TPSA) is 66.5 Å². The Bertz CT molecular complexity index is 370. The van der Waals surface area contributed by atoms with Crippen molar-refractivity contribution in [1.29, 1.82) is 0 Å². The molecule has 0 bridgehead atoms. The number of hydrogen-bond acceptors (Lipinski definition) is 5. The minimum absolute atomic E-state index is 0.0347. The van der Waals surface area contributed by atoms with Crippen molar-refractivity contribution >= 4 is 27.5 Å². The van der Waals surface area contributed by atoms with Gasteiger partial charge in [0.1, 0.15) is 5.37 Å². The Morgan fingerprint density at radius 2 is 2.22 bits per heavy atom. The van der Waals surface area contributed by atoms with E-state index in [1.807, 2.05) is 7.05 Å². The average molecular weight is 294 g/mol. The van der Waals surface area contributed by atoms with E-state index in [0.29, 0.717) is 18.7 Å². The van der Waals surface area contributed by atoms with Crippen LogP contribution in [-0.4, -0.2) is 62.0 Å². The molecule has 1 amide bonds. The highest BCUT2D eigenvalue weighted by atomic mass is 32.2. The zero-order chi connectivity index (χ0) is 13.6. The number of thioether (sulfide) groups is 1. The molecule has 1 aliphatic rings. The highest BCUT2D eigenvalue weighted by molar-refractivity contribution is 8.01. The molecule has 5 nitrogen and oxygen atoms in total. The number of hydrogen-bond donors (Lipinski definition) is 1. The van der Waals surface area contributed by atoms with Gasteiger partial charge in [-0.05, 0) is 20.0 Å². The van der Waals surface area contributed by atoms with Crippen molar-refractivity contribution in [3.8, 4) is 0 Å². The van der Waals surface area contributed by atoms with Crippen LogP contribution in [0.4, 0.5) is 0 Å². The molecule has 106 valence electrons. The van der Waals surface area contributed by atoms with E-state index in [1.165, 1.54) is 0 Å². The van der Waals surface area contributed by atoms with Crippen LogP contribution in [0.5, 0.6) is 0 Å². The zero-order valence-electron chi connectivity index (χ0n) is 11.0. The van der Waals surface area contributed by atoms with Gasteiger partial charge in [0.05, 0.1) is 0 Å². The van der Waals surface area contributed by atoms with Gasteiger partial charge in [-0.3, -0.25) is 4.79 Å². The molecule has 0 aromatic rings. The predicted octanol–water partition coefficient (Wildman–Crippen LogP) is 0.322. The number of nitrogens with zero attached hydrogens (tertiary/aromatic N) is 1. The summed E-state index contributed by atoms with van der Waals surface area (Å²) in [5.41, 5.74) is 0. The maximum atomic E-state index is 12.1. The zero-order valence-corrected chi connectivity index (χ0v) is 12.6. The Balaban J connectivity index is 2.67. The van der Waals surface area contributed by atoms with Crippen LogP contribution in [-0.2, 0) is 14.6 Å². The van der Waals surface area contributed by atoms with Gasteiger partial charge in [-0.25, -0.2) is 8.42 Å². The number of nitrogens with one attached hydrogen (secondary N) is 1. The maximum Gasteiger partial charge on any atom is 0.223 e. The maximum absolute atomic E-state index is 12.1. The largest absolute Gasteiger partial charge is 0.324 e. The molecule has 7 heteroatoms. The van der Waals surface area contributed by atoms with Gasteiger partial charge in [0, 0.05) is 30.2 Å². The van der Waals surface area contributed by atoms with Gasteiger partial charge in [-0.2, -0.15) is 11.8 Å². The lowest BCUT2D eigenvalue weighted by Gasteiger charge is -2.34. The molecule has 1 saturated heterocycles. The van der Waals surface area contributed by atoms with Gasteiger partial charge >= 0.3 is 0 Å². The van der Waals surface area contributed by atoms with E-state index in [9.17, 15) is 13.2 Å². The van der Waals surface area contributed by atoms with Crippen molar-refractivity contribution in [2.24, 2.45) is 0 Å². The molecule has 1 heterocycles. The first-order chi connectivity index (χ1) is 8.53. The average Bonchev–Trinajstić information content (AvgIpc) is 2.39. The first-order valence-electron chi connectivity index (χ1n) is 6.26. The number of carbonyl (C=O) groups is 1. The Labute approximate surface area is 114 Å². The fourth-order valence-corrected chi connectivity index (χ4v) is 4.90. The van der Waals surface area contributed by atoms with Gasteiger partial charge in [0.2, 0.25) is 5.91 Å². The summed E-state index contributed by atoms with van der Waals surface area (Å²) in [4.78, 5) is 13.6. The molecule has 0 saturated carbocycles. The van der Waals surface area contributed by atoms with Gasteiger partial charge in [-0.15, -0.1) is 0 Å². The molecule has 1 atom stereocenters. The second kappa shape index (κ2) is 7.35. The lowest BCUT2D eigenvalue weighted by atomic mass is 10.2. The summed E-state index contributed by atoms with van der Waals surface area (Å²) in [5, 5.41) is 2.36. The summed E-state index contributed by atoms with van der Waals surface area (Å²) >= 11 is 1.61. The summed E-state index contributed by atoms with van der Waals surface area (Å²) < 4.78 is 24.0. The summed E-state index contributed by atoms with van der Waals surface area (Å²) in [5.74, 6) is 1.40. The molecule has 1 fully saturated rings. The number of rotatable bonds is 6. The predicted molar refractivity (Wildman–Crippen MR) is 75.4 cm³/mol. The molecule has 0 spiro atoms. The van der Waals surface area contributed by atoms with Crippen LogP contribution in [0.3, 0.4) is 0 Å². The standard InChI is InChI=1S/C11H22N2O3S2/c1-3-18(15,16)11-9-17-8-7-13(11)10(14)5-4-6-12-2/h11-12H,3-9H2,1-2H3. The molecule has 1 unspecified atom stereocenters. The van der Waals surface area contributed by atoms with E-state index in [1.54, 1.807) is 23.6 Å². The second-order valence-corrected chi connectivity index (χ2v) is 7.87. The molecule has 1 aliphatic heterocycles. The lowest BCUT2D eigenvalue weighted by molar-refractivity contribution is -0.131. The quantitative estimate of drug-likeness (QED) is 0.715. The van der Waals surface area contributed by atoms with Crippen LogP contribution in [0.1, 0.15) is 19.8 Å². The van der Waals surface area contributed by atoms with Gasteiger partial charge in [0.25, 0.3) is 0 Å². The van der Waals surface area contributed by atoms with E-state index >= 15 is 0 Å². The van der Waals surface area contributed by atoms with Crippen molar-refractivity contribution in [2.45, 2.75) is 25.1 Å². The van der Waals surface area contributed by atoms with Crippen LogP contribution < -0.4 is 5.32 Å². The first kappa shape index (κ1) is 15.8. The SMILES string of the molecule is CCS(=O)(=O)C1CSCCN1C(=O)CCCNC. The van der Waals surface area contributed by atoms with E-state index in [-0.39, 0.29) is 11.7 Å². The van der Waals surface area contributed by atoms with Crippen LogP contribution in [0, 0.1) is 0 Å². The van der Waals surface area contributed by atoms with Crippen molar-refractivity contribution in [1.82, 2.24) is 10.2 Å². The third-order valence-corrected chi connectivity index (χ3v) is 6.33. The van der Waals surface area contributed by atoms with Crippen molar-refractivity contribution in [3.63, 3.8) is 0 Å². The first-order valence-corrected chi connectivity index (χ1v) is 9.13. The third kappa shape index (κ3) is 4.13. The molecule has 0 aromatic carbocycles. The summed E-state index contributed by atoms with van der Waals surface area (Å²) in [6.45, 7) is 2.96. The molecular weight excluding hydrogens is 272 g/mol. The number of carbonyl (C=O) groups excluding carboxylic acids is 1. The Morgan fingerprint density at radius 3 is 2.83 bits per heavy atom. The van der Waals surface area contributed by atoms with Crippen LogP contribution in [0.15, 0.2) is 0 Å². The highest BCUT2D eigenvalue weighted by Gasteiger charge is 2.35. The van der Waals surface area contributed by atoms with Crippen LogP contribution in [0.2, 0.25) is 0 Å². The highest BCUT2D eigenvalue weighted by Crippen LogP contribution is 2.22. The van der Waals surface area contributed by atoms with Crippen LogP contribution in [0.25, 0.3) is 0 Å². The third-order valence-electron chi connectivity index (χ3n) is 3.04. The summed E-state index contributed by atoms with van der Waals surface area (Å²) in [7, 11) is -1.34. The smallest absolute Gasteiger partial charge is 0.223 e. The van der Waals surface area contributed by atoms with Crippen molar-refractivity contribution < 1.29 is 13.2 Å². The van der Waals surface area contributed by atoms with E-state index in [2.05, 4.69) is 5.32 Å². The Morgan fingerprint density at radius 1 is 1.50 bits per heavy atom. The van der Waals surface area contributed by atoms with Crippen molar-refractivity contribution in [2.75, 3.05) is 37.4 Å². The van der Waals surface area contributed by atoms with Crippen LogP contribution >= 0.6 is 11.8 Å². The van der Waals surface area contributed by atoms with E-state index in [4.69, 9.17) is 0 Å². The Hall–Kier alpha value is -0.270. The fourth-order valence-electron chi connectivity index (χ4n) is 1.92. The molecule has 0 aliphatic carbocycles. The van der Waals surface area contributed by atoms with Crippen molar-refractivity contribution in [3.05, 3.63) is 0 Å². The minimum Gasteiger partial charge on any atom is -0.324 e. The normalized spacial score (nSPS) is 21.0. The monoisotopic (exact) mass is 294 g/mol. The number of sulfone groups is 1. The van der Waals surface area contributed by atoms with Gasteiger partial charge in [-0.1, -0.05) is 6.92 Å². The molecule has 0 aromatic heterocycles. The van der Waals surface area contributed by atoms with Gasteiger partial charge < -0.3 is 10.2 Å². The molecule has 18 heavy (non-hydrogen) atoms. The molecule has 1 rings (SSSR count). The molecular formula is C11H22N2O3S2.